The predicted molar refractivity (Wildman–Crippen MR) is 114 cm³/mol. The highest BCUT2D eigenvalue weighted by molar-refractivity contribution is 5.80. The number of guanidine groups is 1. The third-order valence-electron chi connectivity index (χ3n) is 5.07. The lowest BCUT2D eigenvalue weighted by Gasteiger charge is -2.33. The predicted octanol–water partition coefficient (Wildman–Crippen LogP) is 3.42. The van der Waals surface area contributed by atoms with Crippen LogP contribution in [-0.4, -0.2) is 36.5 Å². The maximum atomic E-state index is 13.1. The fraction of sp³-hybridized carbons (Fsp3) is 0.391. The van der Waals surface area contributed by atoms with E-state index in [1.807, 2.05) is 30.3 Å². The molecule has 29 heavy (non-hydrogen) atoms. The Balaban J connectivity index is 1.50. The third kappa shape index (κ3) is 6.58. The van der Waals surface area contributed by atoms with Crippen molar-refractivity contribution in [1.82, 2.24) is 15.5 Å². The molecular weight excluding hydrogens is 365 g/mol. The lowest BCUT2D eigenvalue weighted by Crippen LogP contribution is -2.48. The second-order valence-corrected chi connectivity index (χ2v) is 7.33. The number of rotatable bonds is 6. The minimum absolute atomic E-state index is 0.189. The van der Waals surface area contributed by atoms with Crippen LogP contribution in [0.2, 0.25) is 0 Å². The Bertz CT molecular complexity index is 848. The average molecular weight is 394 g/mol. The summed E-state index contributed by atoms with van der Waals surface area (Å²) in [6.45, 7) is 6.24. The van der Waals surface area contributed by atoms with E-state index >= 15 is 0 Å². The molecule has 1 saturated heterocycles. The van der Waals surface area contributed by atoms with Crippen molar-refractivity contribution in [2.75, 3.05) is 19.6 Å². The third-order valence-corrected chi connectivity index (χ3v) is 5.07. The Labute approximate surface area is 172 Å². The minimum atomic E-state index is -0.189. The zero-order valence-electron chi connectivity index (χ0n) is 16.9. The van der Waals surface area contributed by atoms with Crippen LogP contribution in [0.4, 0.5) is 4.39 Å². The Morgan fingerprint density at radius 2 is 1.93 bits per heavy atom. The maximum absolute atomic E-state index is 13.1. The normalized spacial score (nSPS) is 15.7. The monoisotopic (exact) mass is 393 g/mol. The van der Waals surface area contributed by atoms with Crippen LogP contribution < -0.4 is 10.6 Å². The fourth-order valence-corrected chi connectivity index (χ4v) is 3.51. The first-order valence-corrected chi connectivity index (χ1v) is 10.2. The smallest absolute Gasteiger partial charge is 0.191 e. The number of likely N-dealkylation sites (tertiary alicyclic amines) is 1. The topological polar surface area (TPSA) is 63.5 Å². The number of hydrogen-bond donors (Lipinski definition) is 2. The standard InChI is InChI=1S/C23H28FN5/c1-2-26-23(27-16-20-5-3-4-19(14-20)15-25)28-22-10-12-29(13-11-22)17-18-6-8-21(24)9-7-18/h3-9,14,22H,2,10-13,16-17H2,1H3,(H2,26,27,28). The Hall–Kier alpha value is -2.91. The summed E-state index contributed by atoms with van der Waals surface area (Å²) in [5, 5.41) is 15.9. The molecule has 0 bridgehead atoms. The van der Waals surface area contributed by atoms with E-state index in [4.69, 9.17) is 5.26 Å². The van der Waals surface area contributed by atoms with E-state index in [1.54, 1.807) is 6.07 Å². The molecule has 0 aliphatic carbocycles. The molecule has 0 radical (unpaired) electrons. The van der Waals surface area contributed by atoms with Gasteiger partial charge in [-0.05, 0) is 55.2 Å². The number of hydrogen-bond acceptors (Lipinski definition) is 3. The largest absolute Gasteiger partial charge is 0.357 e. The summed E-state index contributed by atoms with van der Waals surface area (Å²) in [5.41, 5.74) is 2.83. The summed E-state index contributed by atoms with van der Waals surface area (Å²) in [4.78, 5) is 7.09. The summed E-state index contributed by atoms with van der Waals surface area (Å²) in [6, 6.07) is 16.9. The van der Waals surface area contributed by atoms with Crippen LogP contribution in [0.1, 0.15) is 36.5 Å². The van der Waals surface area contributed by atoms with Crippen molar-refractivity contribution in [3.8, 4) is 6.07 Å². The van der Waals surface area contributed by atoms with Crippen LogP contribution in [0.25, 0.3) is 0 Å². The van der Waals surface area contributed by atoms with Gasteiger partial charge in [-0.3, -0.25) is 4.90 Å². The molecule has 0 unspecified atom stereocenters. The number of nitriles is 1. The summed E-state index contributed by atoms with van der Waals surface area (Å²) in [5.74, 6) is 0.623. The fourth-order valence-electron chi connectivity index (χ4n) is 3.51. The number of halogens is 1. The molecular formula is C23H28FN5. The molecule has 0 spiro atoms. The van der Waals surface area contributed by atoms with Crippen molar-refractivity contribution in [3.63, 3.8) is 0 Å². The van der Waals surface area contributed by atoms with Gasteiger partial charge in [-0.1, -0.05) is 24.3 Å². The zero-order chi connectivity index (χ0) is 20.5. The second-order valence-electron chi connectivity index (χ2n) is 7.33. The van der Waals surface area contributed by atoms with Crippen LogP contribution in [0.5, 0.6) is 0 Å². The van der Waals surface area contributed by atoms with Gasteiger partial charge in [0.1, 0.15) is 5.82 Å². The SMILES string of the molecule is CCNC(=NCc1cccc(C#N)c1)NC1CCN(Cc2ccc(F)cc2)CC1. The average Bonchev–Trinajstić information content (AvgIpc) is 2.75. The van der Waals surface area contributed by atoms with E-state index < -0.39 is 0 Å². The second kappa shape index (κ2) is 10.6. The maximum Gasteiger partial charge on any atom is 0.191 e. The van der Waals surface area contributed by atoms with E-state index in [1.165, 1.54) is 12.1 Å². The Morgan fingerprint density at radius 1 is 1.17 bits per heavy atom. The van der Waals surface area contributed by atoms with Crippen molar-refractivity contribution < 1.29 is 4.39 Å². The summed E-state index contributed by atoms with van der Waals surface area (Å²) >= 11 is 0. The Kier molecular flexibility index (Phi) is 7.60. The van der Waals surface area contributed by atoms with E-state index in [0.29, 0.717) is 18.2 Å². The van der Waals surface area contributed by atoms with Gasteiger partial charge in [0.05, 0.1) is 18.2 Å². The summed E-state index contributed by atoms with van der Waals surface area (Å²) in [6.07, 6.45) is 2.07. The molecule has 0 saturated carbocycles. The first-order chi connectivity index (χ1) is 14.2. The van der Waals surface area contributed by atoms with Gasteiger partial charge in [0.2, 0.25) is 0 Å². The molecule has 1 heterocycles. The highest BCUT2D eigenvalue weighted by Crippen LogP contribution is 2.14. The zero-order valence-corrected chi connectivity index (χ0v) is 16.9. The molecule has 2 N–H and O–H groups in total. The molecule has 1 aliphatic rings. The molecule has 2 aromatic carbocycles. The molecule has 6 heteroatoms. The van der Waals surface area contributed by atoms with Crippen LogP contribution in [-0.2, 0) is 13.1 Å². The minimum Gasteiger partial charge on any atom is -0.357 e. The van der Waals surface area contributed by atoms with E-state index in [0.717, 1.165) is 56.1 Å². The molecule has 3 rings (SSSR count). The van der Waals surface area contributed by atoms with Gasteiger partial charge >= 0.3 is 0 Å². The number of piperidine rings is 1. The number of aliphatic imine (C=N–C) groups is 1. The van der Waals surface area contributed by atoms with Crippen LogP contribution in [0, 0.1) is 17.1 Å². The van der Waals surface area contributed by atoms with Gasteiger partial charge in [-0.25, -0.2) is 9.38 Å². The Morgan fingerprint density at radius 3 is 2.62 bits per heavy atom. The number of nitrogens with zero attached hydrogens (tertiary/aromatic N) is 3. The quantitative estimate of drug-likeness (QED) is 0.583. The van der Waals surface area contributed by atoms with Crippen LogP contribution >= 0.6 is 0 Å². The summed E-state index contributed by atoms with van der Waals surface area (Å²) in [7, 11) is 0. The first kappa shape index (κ1) is 20.8. The van der Waals surface area contributed by atoms with Crippen LogP contribution in [0.15, 0.2) is 53.5 Å². The van der Waals surface area contributed by atoms with Gasteiger partial charge in [0.25, 0.3) is 0 Å². The van der Waals surface area contributed by atoms with Gasteiger partial charge in [0, 0.05) is 32.2 Å². The van der Waals surface area contributed by atoms with E-state index in [9.17, 15) is 4.39 Å². The molecule has 2 aromatic rings. The van der Waals surface area contributed by atoms with Crippen molar-refractivity contribution in [2.24, 2.45) is 4.99 Å². The molecule has 1 aliphatic heterocycles. The van der Waals surface area contributed by atoms with Crippen molar-refractivity contribution >= 4 is 5.96 Å². The molecule has 5 nitrogen and oxygen atoms in total. The molecule has 0 atom stereocenters. The number of benzene rings is 2. The van der Waals surface area contributed by atoms with Gasteiger partial charge < -0.3 is 10.6 Å². The molecule has 152 valence electrons. The molecule has 1 fully saturated rings. The van der Waals surface area contributed by atoms with E-state index in [-0.39, 0.29) is 5.82 Å². The van der Waals surface area contributed by atoms with E-state index in [2.05, 4.69) is 33.5 Å². The van der Waals surface area contributed by atoms with Crippen LogP contribution in [0.3, 0.4) is 0 Å². The van der Waals surface area contributed by atoms with Crippen molar-refractivity contribution in [1.29, 1.82) is 5.26 Å². The highest BCUT2D eigenvalue weighted by atomic mass is 19.1. The van der Waals surface area contributed by atoms with Gasteiger partial charge in [-0.2, -0.15) is 5.26 Å². The van der Waals surface area contributed by atoms with Gasteiger partial charge in [0.15, 0.2) is 5.96 Å². The number of nitrogens with one attached hydrogen (secondary N) is 2. The van der Waals surface area contributed by atoms with Crippen molar-refractivity contribution in [3.05, 3.63) is 71.0 Å². The molecule has 0 amide bonds. The lowest BCUT2D eigenvalue weighted by atomic mass is 10.0. The van der Waals surface area contributed by atoms with Gasteiger partial charge in [-0.15, -0.1) is 0 Å². The molecule has 0 aromatic heterocycles. The lowest BCUT2D eigenvalue weighted by molar-refractivity contribution is 0.198. The van der Waals surface area contributed by atoms with Crippen molar-refractivity contribution in [2.45, 2.75) is 38.9 Å². The first-order valence-electron chi connectivity index (χ1n) is 10.2. The summed E-state index contributed by atoms with van der Waals surface area (Å²) < 4.78 is 13.1. The highest BCUT2D eigenvalue weighted by Gasteiger charge is 2.20.